The van der Waals surface area contributed by atoms with Crippen molar-refractivity contribution in [2.75, 3.05) is 18.4 Å². The average molecular weight is 549 g/mol. The number of halogens is 3. The highest BCUT2D eigenvalue weighted by molar-refractivity contribution is 5.96. The van der Waals surface area contributed by atoms with Crippen LogP contribution in [0.1, 0.15) is 17.7 Å². The van der Waals surface area contributed by atoms with Crippen LogP contribution in [0.4, 0.5) is 18.9 Å². The molecule has 2 atom stereocenters. The van der Waals surface area contributed by atoms with Gasteiger partial charge in [-0.1, -0.05) is 18.2 Å². The Morgan fingerprint density at radius 2 is 1.74 bits per heavy atom. The molecule has 5 N–H and O–H groups in total. The van der Waals surface area contributed by atoms with Gasteiger partial charge in [-0.05, 0) is 56.3 Å². The summed E-state index contributed by atoms with van der Waals surface area (Å²) in [6.45, 7) is 3.36. The number of hydroxylamine groups is 1. The van der Waals surface area contributed by atoms with Crippen molar-refractivity contribution in [2.24, 2.45) is 11.8 Å². The van der Waals surface area contributed by atoms with Gasteiger partial charge in [-0.3, -0.25) is 19.8 Å². The van der Waals surface area contributed by atoms with Crippen molar-refractivity contribution in [1.82, 2.24) is 15.8 Å². The largest absolute Gasteiger partial charge is 0.490 e. The highest BCUT2D eigenvalue weighted by atomic mass is 19.4. The van der Waals surface area contributed by atoms with Crippen LogP contribution in [0.2, 0.25) is 0 Å². The van der Waals surface area contributed by atoms with Crippen molar-refractivity contribution in [3.8, 4) is 5.75 Å². The van der Waals surface area contributed by atoms with Crippen molar-refractivity contribution in [3.63, 3.8) is 0 Å². The molecule has 0 saturated carbocycles. The van der Waals surface area contributed by atoms with Crippen LogP contribution in [-0.2, 0) is 21.0 Å². The summed E-state index contributed by atoms with van der Waals surface area (Å²) in [6, 6.07) is 17.1. The lowest BCUT2D eigenvalue weighted by Crippen LogP contribution is -2.48. The van der Waals surface area contributed by atoms with Crippen LogP contribution in [0.5, 0.6) is 5.75 Å². The summed E-state index contributed by atoms with van der Waals surface area (Å²) in [5.41, 5.74) is 5.21. The number of para-hydroxylation sites is 1. The number of carboxylic acid groups (broad SMARTS) is 1. The molecular weight excluding hydrogens is 521 g/mol. The van der Waals surface area contributed by atoms with Gasteiger partial charge in [0.1, 0.15) is 12.4 Å². The molecule has 208 valence electrons. The van der Waals surface area contributed by atoms with Gasteiger partial charge in [-0.2, -0.15) is 13.2 Å². The molecule has 3 aromatic rings. The number of hydrogen-bond acceptors (Lipinski definition) is 7. The molecule has 1 saturated heterocycles. The third-order valence-electron chi connectivity index (χ3n) is 5.95. The Balaban J connectivity index is 0.000000532. The smallest absolute Gasteiger partial charge is 0.489 e. The fourth-order valence-electron chi connectivity index (χ4n) is 4.08. The van der Waals surface area contributed by atoms with Crippen LogP contribution in [-0.4, -0.2) is 52.3 Å². The minimum atomic E-state index is -5.08. The molecule has 0 aliphatic carbocycles. The first-order chi connectivity index (χ1) is 18.5. The van der Waals surface area contributed by atoms with Crippen molar-refractivity contribution in [1.29, 1.82) is 0 Å². The molecule has 4 rings (SSSR count). The zero-order chi connectivity index (χ0) is 28.6. The Hall–Kier alpha value is -4.23. The number of aromatic nitrogens is 1. The molecule has 2 heterocycles. The number of nitrogens with one attached hydrogen (secondary N) is 3. The number of fused-ring (bicyclic) bond motifs is 1. The maximum atomic E-state index is 12.7. The lowest BCUT2D eigenvalue weighted by Gasteiger charge is -2.29. The molecule has 13 heteroatoms. The number of hydrogen-bond donors (Lipinski definition) is 5. The topological polar surface area (TPSA) is 150 Å². The third-order valence-corrected chi connectivity index (χ3v) is 5.95. The standard InChI is InChI=1S/C24H26N4O4.C2HF3O2/c1-15-12-16(19-4-2-3-5-22(19)26-15)14-32-18-8-6-17(7-9-18)27-23(29)20-10-11-25-13-21(20)24(30)28-31;3-2(4,5)1(6)7/h2-9,12,20-21,25,31H,10-11,13-14H2,1H3,(H,27,29)(H,28,30);(H,6,7)/t20-,21-;/m0./s1. The van der Waals surface area contributed by atoms with E-state index in [-0.39, 0.29) is 5.91 Å². The van der Waals surface area contributed by atoms with E-state index in [1.165, 1.54) is 0 Å². The fraction of sp³-hybridized carbons (Fsp3) is 0.308. The molecule has 2 amide bonds. The summed E-state index contributed by atoms with van der Waals surface area (Å²) < 4.78 is 37.7. The van der Waals surface area contributed by atoms with E-state index < -0.39 is 29.9 Å². The molecule has 0 unspecified atom stereocenters. The molecule has 39 heavy (non-hydrogen) atoms. The second-order valence-corrected chi connectivity index (χ2v) is 8.73. The van der Waals surface area contributed by atoms with E-state index in [9.17, 15) is 22.8 Å². The number of amides is 2. The molecular formula is C26H27F3N4O6. The molecule has 2 aromatic carbocycles. The molecule has 1 aliphatic heterocycles. The monoisotopic (exact) mass is 548 g/mol. The molecule has 0 radical (unpaired) electrons. The summed E-state index contributed by atoms with van der Waals surface area (Å²) in [5, 5.41) is 23.1. The van der Waals surface area contributed by atoms with Gasteiger partial charge in [-0.15, -0.1) is 0 Å². The van der Waals surface area contributed by atoms with E-state index in [1.807, 2.05) is 37.3 Å². The molecule has 0 spiro atoms. The Labute approximate surface area is 221 Å². The van der Waals surface area contributed by atoms with Gasteiger partial charge in [0.05, 0.1) is 17.4 Å². The number of nitrogens with zero attached hydrogens (tertiary/aromatic N) is 1. The number of anilines is 1. The lowest BCUT2D eigenvalue weighted by atomic mass is 9.85. The highest BCUT2D eigenvalue weighted by Gasteiger charge is 2.38. The van der Waals surface area contributed by atoms with Crippen molar-refractivity contribution < 1.29 is 42.6 Å². The third kappa shape index (κ3) is 8.12. The Morgan fingerprint density at radius 1 is 1.08 bits per heavy atom. The zero-order valence-corrected chi connectivity index (χ0v) is 20.8. The number of pyridine rings is 1. The van der Waals surface area contributed by atoms with E-state index in [1.54, 1.807) is 29.7 Å². The Bertz CT molecular complexity index is 1320. The quantitative estimate of drug-likeness (QED) is 0.232. The van der Waals surface area contributed by atoms with Gasteiger partial charge in [0.15, 0.2) is 0 Å². The number of ether oxygens (including phenoxy) is 1. The summed E-state index contributed by atoms with van der Waals surface area (Å²) >= 11 is 0. The van der Waals surface area contributed by atoms with Gasteiger partial charge in [-0.25, -0.2) is 10.3 Å². The van der Waals surface area contributed by atoms with E-state index in [2.05, 4.69) is 15.6 Å². The summed E-state index contributed by atoms with van der Waals surface area (Å²) in [4.78, 5) is 38.0. The number of carbonyl (C=O) groups is 3. The molecule has 0 bridgehead atoms. The highest BCUT2D eigenvalue weighted by Crippen LogP contribution is 2.24. The second-order valence-electron chi connectivity index (χ2n) is 8.73. The van der Waals surface area contributed by atoms with Gasteiger partial charge in [0, 0.05) is 28.9 Å². The van der Waals surface area contributed by atoms with Crippen LogP contribution in [0.25, 0.3) is 10.9 Å². The van der Waals surface area contributed by atoms with Crippen LogP contribution < -0.4 is 20.9 Å². The van der Waals surface area contributed by atoms with E-state index in [4.69, 9.17) is 19.8 Å². The number of aryl methyl sites for hydroxylation is 1. The Morgan fingerprint density at radius 3 is 2.38 bits per heavy atom. The number of alkyl halides is 3. The number of piperidine rings is 1. The first-order valence-corrected chi connectivity index (χ1v) is 11.8. The lowest BCUT2D eigenvalue weighted by molar-refractivity contribution is -0.192. The normalized spacial score (nSPS) is 16.9. The predicted molar refractivity (Wildman–Crippen MR) is 134 cm³/mol. The fourth-order valence-corrected chi connectivity index (χ4v) is 4.08. The summed E-state index contributed by atoms with van der Waals surface area (Å²) in [6.07, 6.45) is -4.57. The number of aliphatic carboxylic acids is 1. The first-order valence-electron chi connectivity index (χ1n) is 11.8. The maximum absolute atomic E-state index is 12.7. The Kier molecular flexibility index (Phi) is 9.79. The molecule has 1 aromatic heterocycles. The van der Waals surface area contributed by atoms with Gasteiger partial charge >= 0.3 is 12.1 Å². The first kappa shape index (κ1) is 29.3. The van der Waals surface area contributed by atoms with Crippen LogP contribution in [0.3, 0.4) is 0 Å². The molecule has 1 aliphatic rings. The van der Waals surface area contributed by atoms with E-state index in [0.717, 1.165) is 22.2 Å². The van der Waals surface area contributed by atoms with Crippen molar-refractivity contribution >= 4 is 34.4 Å². The van der Waals surface area contributed by atoms with Gasteiger partial charge in [0.2, 0.25) is 11.8 Å². The molecule has 10 nitrogen and oxygen atoms in total. The van der Waals surface area contributed by atoms with Gasteiger partial charge < -0.3 is 20.5 Å². The van der Waals surface area contributed by atoms with E-state index >= 15 is 0 Å². The van der Waals surface area contributed by atoms with Crippen molar-refractivity contribution in [2.45, 2.75) is 26.1 Å². The maximum Gasteiger partial charge on any atom is 0.490 e. The van der Waals surface area contributed by atoms with E-state index in [0.29, 0.717) is 37.6 Å². The van der Waals surface area contributed by atoms with Crippen LogP contribution >= 0.6 is 0 Å². The van der Waals surface area contributed by atoms with Crippen molar-refractivity contribution in [3.05, 3.63) is 65.9 Å². The van der Waals surface area contributed by atoms with Crippen LogP contribution in [0, 0.1) is 18.8 Å². The second kappa shape index (κ2) is 13.0. The van der Waals surface area contributed by atoms with Gasteiger partial charge in [0.25, 0.3) is 0 Å². The number of benzene rings is 2. The minimum Gasteiger partial charge on any atom is -0.489 e. The number of carboxylic acids is 1. The zero-order valence-electron chi connectivity index (χ0n) is 20.8. The summed E-state index contributed by atoms with van der Waals surface area (Å²) in [5.74, 6) is -4.00. The number of carbonyl (C=O) groups excluding carboxylic acids is 2. The minimum absolute atomic E-state index is 0.243. The SMILES string of the molecule is Cc1cc(COc2ccc(NC(=O)[C@H]3CCNC[C@@H]3C(=O)NO)cc2)c2ccccc2n1.O=C(O)C(F)(F)F. The summed E-state index contributed by atoms with van der Waals surface area (Å²) in [7, 11) is 0. The molecule has 1 fully saturated rings. The van der Waals surface area contributed by atoms with Crippen LogP contribution in [0.15, 0.2) is 54.6 Å². The number of rotatable bonds is 6. The average Bonchev–Trinajstić information content (AvgIpc) is 2.91. The predicted octanol–water partition coefficient (Wildman–Crippen LogP) is 3.43.